The van der Waals surface area contributed by atoms with Crippen LogP contribution in [0.25, 0.3) is 0 Å². The van der Waals surface area contributed by atoms with Gasteiger partial charge in [-0.2, -0.15) is 0 Å². The summed E-state index contributed by atoms with van der Waals surface area (Å²) in [5, 5.41) is 0.691. The topological polar surface area (TPSA) is 51.8 Å². The Morgan fingerprint density at radius 1 is 1.13 bits per heavy atom. The molecule has 2 N–H and O–H groups in total. The summed E-state index contributed by atoms with van der Waals surface area (Å²) in [6.45, 7) is 0. The quantitative estimate of drug-likeness (QED) is 0.860. The fourth-order valence-electron chi connectivity index (χ4n) is 1.00. The van der Waals surface area contributed by atoms with Crippen LogP contribution in [-0.4, -0.2) is 9.97 Å². The van der Waals surface area contributed by atoms with Crippen LogP contribution in [-0.2, 0) is 0 Å². The molecule has 0 spiro atoms. The van der Waals surface area contributed by atoms with Crippen molar-refractivity contribution in [3.05, 3.63) is 41.1 Å². The van der Waals surface area contributed by atoms with E-state index in [2.05, 4.69) is 25.9 Å². The van der Waals surface area contributed by atoms with Gasteiger partial charge in [0.15, 0.2) is 5.16 Å². The van der Waals surface area contributed by atoms with Gasteiger partial charge in [-0.05, 0) is 39.8 Å². The molecule has 0 radical (unpaired) electrons. The zero-order valence-electron chi connectivity index (χ0n) is 7.72. The number of halogens is 1. The van der Waals surface area contributed by atoms with Gasteiger partial charge in [-0.25, -0.2) is 9.97 Å². The SMILES string of the molecule is Nc1cnc(Sc2ccccc2Br)nc1. The first-order valence-corrected chi connectivity index (χ1v) is 5.86. The lowest BCUT2D eigenvalue weighted by molar-refractivity contribution is 0.970. The fourth-order valence-corrected chi connectivity index (χ4v) is 2.25. The van der Waals surface area contributed by atoms with Crippen LogP contribution < -0.4 is 5.73 Å². The lowest BCUT2D eigenvalue weighted by Crippen LogP contribution is -1.90. The fraction of sp³-hybridized carbons (Fsp3) is 0. The summed E-state index contributed by atoms with van der Waals surface area (Å²) in [7, 11) is 0. The Bertz CT molecular complexity index is 458. The molecule has 15 heavy (non-hydrogen) atoms. The summed E-state index contributed by atoms with van der Waals surface area (Å²) in [6, 6.07) is 7.94. The highest BCUT2D eigenvalue weighted by molar-refractivity contribution is 9.10. The molecule has 2 rings (SSSR count). The molecule has 0 aliphatic carbocycles. The van der Waals surface area contributed by atoms with E-state index < -0.39 is 0 Å². The number of rotatable bonds is 2. The smallest absolute Gasteiger partial charge is 0.192 e. The monoisotopic (exact) mass is 281 g/mol. The van der Waals surface area contributed by atoms with Gasteiger partial charge in [0, 0.05) is 9.37 Å². The van der Waals surface area contributed by atoms with E-state index in [9.17, 15) is 0 Å². The lowest BCUT2D eigenvalue weighted by atomic mass is 10.4. The van der Waals surface area contributed by atoms with E-state index in [0.717, 1.165) is 9.37 Å². The highest BCUT2D eigenvalue weighted by Gasteiger charge is 2.03. The zero-order valence-corrected chi connectivity index (χ0v) is 10.1. The average molecular weight is 282 g/mol. The van der Waals surface area contributed by atoms with Gasteiger partial charge in [-0.1, -0.05) is 12.1 Å². The first-order chi connectivity index (χ1) is 7.25. The molecule has 0 amide bonds. The van der Waals surface area contributed by atoms with Crippen molar-refractivity contribution in [1.82, 2.24) is 9.97 Å². The molecule has 0 saturated carbocycles. The van der Waals surface area contributed by atoms with Crippen molar-refractivity contribution >= 4 is 33.4 Å². The summed E-state index contributed by atoms with van der Waals surface area (Å²) in [5.74, 6) is 0. The standard InChI is InChI=1S/C10H8BrN3S/c11-8-3-1-2-4-9(8)15-10-13-5-7(12)6-14-10/h1-6H,12H2. The molecule has 1 aromatic heterocycles. The van der Waals surface area contributed by atoms with E-state index in [0.29, 0.717) is 10.8 Å². The third-order valence-corrected chi connectivity index (χ3v) is 3.61. The minimum absolute atomic E-state index is 0.575. The molecular weight excluding hydrogens is 274 g/mol. The molecule has 0 fully saturated rings. The van der Waals surface area contributed by atoms with Crippen molar-refractivity contribution in [2.75, 3.05) is 5.73 Å². The molecule has 3 nitrogen and oxygen atoms in total. The van der Waals surface area contributed by atoms with Crippen molar-refractivity contribution in [2.24, 2.45) is 0 Å². The van der Waals surface area contributed by atoms with Crippen molar-refractivity contribution in [3.63, 3.8) is 0 Å². The number of hydrogen-bond acceptors (Lipinski definition) is 4. The number of nitrogens with zero attached hydrogens (tertiary/aromatic N) is 2. The Labute approximate surface area is 100 Å². The maximum atomic E-state index is 5.51. The maximum absolute atomic E-state index is 5.51. The van der Waals surface area contributed by atoms with E-state index >= 15 is 0 Å². The Morgan fingerprint density at radius 3 is 2.47 bits per heavy atom. The minimum atomic E-state index is 0.575. The van der Waals surface area contributed by atoms with Crippen molar-refractivity contribution in [1.29, 1.82) is 0 Å². The van der Waals surface area contributed by atoms with E-state index in [4.69, 9.17) is 5.73 Å². The van der Waals surface area contributed by atoms with E-state index in [-0.39, 0.29) is 0 Å². The number of anilines is 1. The van der Waals surface area contributed by atoms with Crippen LogP contribution in [0.15, 0.2) is 51.2 Å². The first kappa shape index (κ1) is 10.4. The van der Waals surface area contributed by atoms with E-state index in [1.807, 2.05) is 24.3 Å². The van der Waals surface area contributed by atoms with Gasteiger partial charge >= 0.3 is 0 Å². The number of aromatic nitrogens is 2. The molecule has 0 aliphatic rings. The van der Waals surface area contributed by atoms with E-state index in [1.54, 1.807) is 12.4 Å². The van der Waals surface area contributed by atoms with Crippen LogP contribution in [0.4, 0.5) is 5.69 Å². The second-order valence-electron chi connectivity index (χ2n) is 2.83. The molecule has 0 saturated heterocycles. The Hall–Kier alpha value is -1.07. The van der Waals surface area contributed by atoms with Crippen LogP contribution in [0.3, 0.4) is 0 Å². The van der Waals surface area contributed by atoms with Crippen molar-refractivity contribution in [2.45, 2.75) is 10.1 Å². The second-order valence-corrected chi connectivity index (χ2v) is 4.69. The van der Waals surface area contributed by atoms with Crippen molar-refractivity contribution < 1.29 is 0 Å². The van der Waals surface area contributed by atoms with Crippen LogP contribution in [0.5, 0.6) is 0 Å². The summed E-state index contributed by atoms with van der Waals surface area (Å²) in [5.41, 5.74) is 6.08. The Balaban J connectivity index is 2.22. The predicted octanol–water partition coefficient (Wildman–Crippen LogP) is 2.97. The normalized spacial score (nSPS) is 10.2. The van der Waals surface area contributed by atoms with Gasteiger partial charge in [0.25, 0.3) is 0 Å². The molecule has 1 aromatic carbocycles. The number of nitrogen functional groups attached to an aromatic ring is 1. The Morgan fingerprint density at radius 2 is 1.80 bits per heavy atom. The maximum Gasteiger partial charge on any atom is 0.192 e. The summed E-state index contributed by atoms with van der Waals surface area (Å²) < 4.78 is 1.04. The van der Waals surface area contributed by atoms with Gasteiger partial charge in [0.1, 0.15) is 0 Å². The van der Waals surface area contributed by atoms with Crippen LogP contribution >= 0.6 is 27.7 Å². The molecule has 0 bridgehead atoms. The van der Waals surface area contributed by atoms with Gasteiger partial charge in [0.2, 0.25) is 0 Å². The average Bonchev–Trinajstić information content (AvgIpc) is 2.25. The van der Waals surface area contributed by atoms with Gasteiger partial charge < -0.3 is 5.73 Å². The third-order valence-electron chi connectivity index (χ3n) is 1.69. The molecule has 2 aromatic rings. The molecular formula is C10H8BrN3S. The zero-order chi connectivity index (χ0) is 10.7. The summed E-state index contributed by atoms with van der Waals surface area (Å²) in [6.07, 6.45) is 3.21. The van der Waals surface area contributed by atoms with Gasteiger partial charge in [0.05, 0.1) is 18.1 Å². The highest BCUT2D eigenvalue weighted by Crippen LogP contribution is 2.30. The number of hydrogen-bond donors (Lipinski definition) is 1. The molecule has 76 valence electrons. The molecule has 5 heteroatoms. The van der Waals surface area contributed by atoms with E-state index in [1.165, 1.54) is 11.8 Å². The minimum Gasteiger partial charge on any atom is -0.396 e. The summed E-state index contributed by atoms with van der Waals surface area (Å²) in [4.78, 5) is 9.33. The Kier molecular flexibility index (Phi) is 3.23. The summed E-state index contributed by atoms with van der Waals surface area (Å²) >= 11 is 4.97. The van der Waals surface area contributed by atoms with Crippen molar-refractivity contribution in [3.8, 4) is 0 Å². The van der Waals surface area contributed by atoms with Crippen LogP contribution in [0.1, 0.15) is 0 Å². The second kappa shape index (κ2) is 4.63. The lowest BCUT2D eigenvalue weighted by Gasteiger charge is -2.02. The largest absolute Gasteiger partial charge is 0.396 e. The van der Waals surface area contributed by atoms with Gasteiger partial charge in [-0.3, -0.25) is 0 Å². The molecule has 0 unspecified atom stereocenters. The molecule has 0 atom stereocenters. The highest BCUT2D eigenvalue weighted by atomic mass is 79.9. The molecule has 0 aliphatic heterocycles. The molecule has 1 heterocycles. The van der Waals surface area contributed by atoms with Crippen LogP contribution in [0.2, 0.25) is 0 Å². The van der Waals surface area contributed by atoms with Crippen LogP contribution in [0, 0.1) is 0 Å². The van der Waals surface area contributed by atoms with Gasteiger partial charge in [-0.15, -0.1) is 0 Å². The third kappa shape index (κ3) is 2.70. The number of benzene rings is 1. The first-order valence-electron chi connectivity index (χ1n) is 4.25. The predicted molar refractivity (Wildman–Crippen MR) is 64.7 cm³/mol. The number of nitrogens with two attached hydrogens (primary N) is 1.